The normalized spacial score (nSPS) is 12.3. The molecule has 1 heterocycles. The largest absolute Gasteiger partial charge is 0.345 e. The molecular weight excluding hydrogens is 262 g/mol. The lowest BCUT2D eigenvalue weighted by Crippen LogP contribution is -2.27. The summed E-state index contributed by atoms with van der Waals surface area (Å²) < 4.78 is 0. The Bertz CT molecular complexity index is 672. The van der Waals surface area contributed by atoms with Crippen molar-refractivity contribution in [3.63, 3.8) is 0 Å². The molecular formula is C17H15N3O. The molecule has 2 aromatic rings. The van der Waals surface area contributed by atoms with Crippen molar-refractivity contribution >= 4 is 12.0 Å². The smallest absolute Gasteiger partial charge is 0.262 e. The molecule has 1 amide bonds. The van der Waals surface area contributed by atoms with Crippen LogP contribution in [-0.2, 0) is 4.79 Å². The zero-order valence-electron chi connectivity index (χ0n) is 11.7. The second kappa shape index (κ2) is 7.01. The molecule has 0 radical (unpaired) electrons. The lowest BCUT2D eigenvalue weighted by molar-refractivity contribution is -0.117. The number of hydrogen-bond donors (Lipinski definition) is 1. The molecule has 1 aromatic carbocycles. The number of aromatic nitrogens is 1. The minimum Gasteiger partial charge on any atom is -0.345 e. The molecule has 0 aliphatic heterocycles. The summed E-state index contributed by atoms with van der Waals surface area (Å²) in [6.07, 6.45) is 4.78. The third-order valence-corrected chi connectivity index (χ3v) is 3.03. The van der Waals surface area contributed by atoms with Gasteiger partial charge in [-0.05, 0) is 36.3 Å². The van der Waals surface area contributed by atoms with Gasteiger partial charge in [-0.25, -0.2) is 0 Å². The van der Waals surface area contributed by atoms with E-state index in [1.54, 1.807) is 30.6 Å². The summed E-state index contributed by atoms with van der Waals surface area (Å²) in [5.41, 5.74) is 1.83. The third-order valence-electron chi connectivity index (χ3n) is 3.03. The summed E-state index contributed by atoms with van der Waals surface area (Å²) in [6.45, 7) is 1.88. The molecule has 0 bridgehead atoms. The van der Waals surface area contributed by atoms with Gasteiger partial charge in [0.05, 0.1) is 6.04 Å². The molecule has 0 aliphatic rings. The van der Waals surface area contributed by atoms with E-state index in [9.17, 15) is 4.79 Å². The first-order valence-corrected chi connectivity index (χ1v) is 6.58. The molecule has 21 heavy (non-hydrogen) atoms. The molecule has 0 unspecified atom stereocenters. The van der Waals surface area contributed by atoms with Gasteiger partial charge >= 0.3 is 0 Å². The number of benzene rings is 1. The number of pyridine rings is 1. The van der Waals surface area contributed by atoms with E-state index in [0.29, 0.717) is 0 Å². The Morgan fingerprint density at radius 1 is 1.24 bits per heavy atom. The van der Waals surface area contributed by atoms with E-state index in [1.165, 1.54) is 0 Å². The predicted molar refractivity (Wildman–Crippen MR) is 80.8 cm³/mol. The van der Waals surface area contributed by atoms with E-state index in [0.717, 1.165) is 11.1 Å². The zero-order chi connectivity index (χ0) is 15.1. The minimum atomic E-state index is -0.384. The highest BCUT2D eigenvalue weighted by atomic mass is 16.1. The molecule has 0 fully saturated rings. The number of carbonyl (C=O) groups is 1. The van der Waals surface area contributed by atoms with Gasteiger partial charge in [-0.15, -0.1) is 0 Å². The number of hydrogen-bond acceptors (Lipinski definition) is 3. The van der Waals surface area contributed by atoms with Crippen LogP contribution >= 0.6 is 0 Å². The lowest BCUT2D eigenvalue weighted by atomic mass is 10.1. The Morgan fingerprint density at radius 2 is 1.90 bits per heavy atom. The van der Waals surface area contributed by atoms with E-state index in [4.69, 9.17) is 5.26 Å². The molecule has 0 spiro atoms. The van der Waals surface area contributed by atoms with Crippen molar-refractivity contribution < 1.29 is 4.79 Å². The van der Waals surface area contributed by atoms with Gasteiger partial charge < -0.3 is 5.32 Å². The molecule has 1 N–H and O–H groups in total. The zero-order valence-corrected chi connectivity index (χ0v) is 11.7. The lowest BCUT2D eigenvalue weighted by Gasteiger charge is -2.13. The fourth-order valence-electron chi connectivity index (χ4n) is 1.87. The molecule has 2 rings (SSSR count). The Hall–Kier alpha value is -2.93. The summed E-state index contributed by atoms with van der Waals surface area (Å²) in [5.74, 6) is -0.384. The first-order chi connectivity index (χ1) is 10.2. The van der Waals surface area contributed by atoms with Crippen LogP contribution in [0.5, 0.6) is 0 Å². The van der Waals surface area contributed by atoms with Crippen LogP contribution in [0.3, 0.4) is 0 Å². The van der Waals surface area contributed by atoms with Crippen LogP contribution in [-0.4, -0.2) is 10.9 Å². The predicted octanol–water partition coefficient (Wildman–Crippen LogP) is 2.87. The SMILES string of the molecule is C[C@H](NC(=O)/C(C#N)=C/c1ccncc1)c1ccccc1. The Morgan fingerprint density at radius 3 is 2.52 bits per heavy atom. The van der Waals surface area contributed by atoms with Crippen molar-refractivity contribution in [3.05, 3.63) is 71.6 Å². The van der Waals surface area contributed by atoms with E-state index >= 15 is 0 Å². The molecule has 4 nitrogen and oxygen atoms in total. The Kier molecular flexibility index (Phi) is 4.84. The highest BCUT2D eigenvalue weighted by molar-refractivity contribution is 6.01. The van der Waals surface area contributed by atoms with Gasteiger partial charge in [-0.3, -0.25) is 9.78 Å². The maximum atomic E-state index is 12.1. The van der Waals surface area contributed by atoms with Crippen molar-refractivity contribution in [1.29, 1.82) is 5.26 Å². The van der Waals surface area contributed by atoms with Crippen LogP contribution in [0.4, 0.5) is 0 Å². The number of nitriles is 1. The second-order valence-electron chi connectivity index (χ2n) is 4.56. The number of nitrogens with one attached hydrogen (secondary N) is 1. The average molecular weight is 277 g/mol. The van der Waals surface area contributed by atoms with Crippen LogP contribution in [0.15, 0.2) is 60.4 Å². The van der Waals surface area contributed by atoms with Crippen molar-refractivity contribution in [1.82, 2.24) is 10.3 Å². The number of amides is 1. The maximum absolute atomic E-state index is 12.1. The van der Waals surface area contributed by atoms with Gasteiger partial charge in [0.25, 0.3) is 5.91 Å². The van der Waals surface area contributed by atoms with Crippen LogP contribution in [0, 0.1) is 11.3 Å². The van der Waals surface area contributed by atoms with Crippen LogP contribution in [0.2, 0.25) is 0 Å². The van der Waals surface area contributed by atoms with E-state index in [-0.39, 0.29) is 17.5 Å². The molecule has 0 saturated carbocycles. The van der Waals surface area contributed by atoms with Crippen molar-refractivity contribution in [3.8, 4) is 6.07 Å². The van der Waals surface area contributed by atoms with Crippen LogP contribution in [0.25, 0.3) is 6.08 Å². The number of rotatable bonds is 4. The number of carbonyl (C=O) groups excluding carboxylic acids is 1. The van der Waals surface area contributed by atoms with Gasteiger partial charge in [0.2, 0.25) is 0 Å². The van der Waals surface area contributed by atoms with Crippen molar-refractivity contribution in [2.75, 3.05) is 0 Å². The van der Waals surface area contributed by atoms with Gasteiger partial charge in [0, 0.05) is 12.4 Å². The van der Waals surface area contributed by atoms with E-state index < -0.39 is 0 Å². The van der Waals surface area contributed by atoms with Gasteiger partial charge in [0.15, 0.2) is 0 Å². The first kappa shape index (κ1) is 14.5. The first-order valence-electron chi connectivity index (χ1n) is 6.58. The molecule has 0 saturated heterocycles. The van der Waals surface area contributed by atoms with Crippen LogP contribution in [0.1, 0.15) is 24.1 Å². The summed E-state index contributed by atoms with van der Waals surface area (Å²) in [5, 5.41) is 12.0. The highest BCUT2D eigenvalue weighted by Crippen LogP contribution is 2.13. The third kappa shape index (κ3) is 4.02. The second-order valence-corrected chi connectivity index (χ2v) is 4.56. The Labute approximate surface area is 123 Å². The molecule has 4 heteroatoms. The molecule has 1 aromatic heterocycles. The van der Waals surface area contributed by atoms with Crippen molar-refractivity contribution in [2.24, 2.45) is 0 Å². The van der Waals surface area contributed by atoms with Crippen LogP contribution < -0.4 is 5.32 Å². The quantitative estimate of drug-likeness (QED) is 0.690. The van der Waals surface area contributed by atoms with Gasteiger partial charge in [0.1, 0.15) is 11.6 Å². The summed E-state index contributed by atoms with van der Waals surface area (Å²) in [7, 11) is 0. The molecule has 0 aliphatic carbocycles. The fourth-order valence-corrected chi connectivity index (χ4v) is 1.87. The fraction of sp³-hybridized carbons (Fsp3) is 0.118. The van der Waals surface area contributed by atoms with Crippen molar-refractivity contribution in [2.45, 2.75) is 13.0 Å². The summed E-state index contributed by atoms with van der Waals surface area (Å²) in [6, 6.07) is 14.9. The molecule has 104 valence electrons. The minimum absolute atomic E-state index is 0.0731. The maximum Gasteiger partial charge on any atom is 0.262 e. The topological polar surface area (TPSA) is 65.8 Å². The average Bonchev–Trinajstić information content (AvgIpc) is 2.54. The van der Waals surface area contributed by atoms with E-state index in [2.05, 4.69) is 10.3 Å². The summed E-state index contributed by atoms with van der Waals surface area (Å²) >= 11 is 0. The highest BCUT2D eigenvalue weighted by Gasteiger charge is 2.13. The van der Waals surface area contributed by atoms with E-state index in [1.807, 2.05) is 43.3 Å². The standard InChI is InChI=1S/C17H15N3O/c1-13(15-5-3-2-4-6-15)20-17(21)16(12-18)11-14-7-9-19-10-8-14/h2-11,13H,1H3,(H,20,21)/b16-11+/t13-/m0/s1. The Balaban J connectivity index is 2.11. The molecule has 1 atom stereocenters. The number of nitrogens with zero attached hydrogens (tertiary/aromatic N) is 2. The van der Waals surface area contributed by atoms with Gasteiger partial charge in [-0.1, -0.05) is 30.3 Å². The summed E-state index contributed by atoms with van der Waals surface area (Å²) in [4.78, 5) is 16.0. The van der Waals surface area contributed by atoms with Gasteiger partial charge in [-0.2, -0.15) is 5.26 Å². The monoisotopic (exact) mass is 277 g/mol.